The van der Waals surface area contributed by atoms with Gasteiger partial charge in [0.05, 0.1) is 19.6 Å². The largest absolute Gasteiger partial charge is 0.460 e. The van der Waals surface area contributed by atoms with Gasteiger partial charge in [-0.3, -0.25) is 4.79 Å². The number of esters is 1. The number of hydrogen-bond acceptors (Lipinski definition) is 4. The molecule has 4 nitrogen and oxygen atoms in total. The van der Waals surface area contributed by atoms with Crippen LogP contribution < -0.4 is 0 Å². The lowest BCUT2D eigenvalue weighted by Crippen LogP contribution is -2.20. The van der Waals surface area contributed by atoms with Crippen molar-refractivity contribution in [3.63, 3.8) is 0 Å². The molecular weight excluding hydrogens is 160 g/mol. The van der Waals surface area contributed by atoms with Gasteiger partial charge in [0.2, 0.25) is 0 Å². The van der Waals surface area contributed by atoms with Gasteiger partial charge in [0.15, 0.2) is 0 Å². The fourth-order valence-electron chi connectivity index (χ4n) is 0.737. The molecule has 0 fully saturated rings. The lowest BCUT2D eigenvalue weighted by molar-refractivity contribution is -0.151. The van der Waals surface area contributed by atoms with Gasteiger partial charge in [-0.1, -0.05) is 0 Å². The molecule has 1 atom stereocenters. The van der Waals surface area contributed by atoms with Crippen molar-refractivity contribution in [2.45, 2.75) is 19.4 Å². The van der Waals surface area contributed by atoms with E-state index in [1.807, 2.05) is 0 Å². The molecule has 1 unspecified atom stereocenters. The van der Waals surface area contributed by atoms with Crippen molar-refractivity contribution in [1.82, 2.24) is 0 Å². The summed E-state index contributed by atoms with van der Waals surface area (Å²) in [6.07, 6.45) is 0.115. The number of methoxy groups -OCH3 is 2. The van der Waals surface area contributed by atoms with Gasteiger partial charge < -0.3 is 14.2 Å². The molecule has 0 aliphatic rings. The lowest BCUT2D eigenvalue weighted by Gasteiger charge is -2.11. The van der Waals surface area contributed by atoms with Gasteiger partial charge in [-0.05, 0) is 6.92 Å². The van der Waals surface area contributed by atoms with Crippen LogP contribution in [-0.2, 0) is 19.0 Å². The maximum Gasteiger partial charge on any atom is 0.308 e. The van der Waals surface area contributed by atoms with Crippen LogP contribution in [0.4, 0.5) is 0 Å². The highest BCUT2D eigenvalue weighted by atomic mass is 16.6. The van der Waals surface area contributed by atoms with Gasteiger partial charge >= 0.3 is 5.97 Å². The number of ether oxygens (including phenoxy) is 3. The normalized spacial score (nSPS) is 12.6. The Morgan fingerprint density at radius 1 is 1.33 bits per heavy atom. The molecule has 0 saturated carbocycles. The maximum atomic E-state index is 10.9. The molecular formula is C8H16O4. The Balaban J connectivity index is 3.40. The van der Waals surface area contributed by atoms with Crippen molar-refractivity contribution in [2.24, 2.45) is 0 Å². The Hall–Kier alpha value is -0.610. The highest BCUT2D eigenvalue weighted by Crippen LogP contribution is 1.95. The molecule has 0 rings (SSSR count). The van der Waals surface area contributed by atoms with Crippen molar-refractivity contribution in [2.75, 3.05) is 27.4 Å². The predicted molar refractivity (Wildman–Crippen MR) is 43.9 cm³/mol. The Labute approximate surface area is 72.8 Å². The summed E-state index contributed by atoms with van der Waals surface area (Å²) in [5.41, 5.74) is 0. The molecule has 0 bridgehead atoms. The summed E-state index contributed by atoms with van der Waals surface area (Å²) in [5.74, 6) is -0.249. The first kappa shape index (κ1) is 11.4. The molecule has 0 radical (unpaired) electrons. The highest BCUT2D eigenvalue weighted by molar-refractivity contribution is 5.69. The molecule has 0 amide bonds. The molecule has 0 spiro atoms. The first-order valence-corrected chi connectivity index (χ1v) is 3.88. The molecule has 72 valence electrons. The SMILES string of the molecule is COCCC(=O)OC(C)COC. The summed E-state index contributed by atoms with van der Waals surface area (Å²) in [7, 11) is 3.12. The average Bonchev–Trinajstić information content (AvgIpc) is 2.01. The molecule has 0 heterocycles. The Kier molecular flexibility index (Phi) is 6.70. The molecule has 12 heavy (non-hydrogen) atoms. The smallest absolute Gasteiger partial charge is 0.308 e. The van der Waals surface area contributed by atoms with E-state index in [1.54, 1.807) is 21.1 Å². The molecule has 4 heteroatoms. The van der Waals surface area contributed by atoms with Gasteiger partial charge in [0.1, 0.15) is 6.10 Å². The Morgan fingerprint density at radius 3 is 2.50 bits per heavy atom. The first-order chi connectivity index (χ1) is 5.70. The van der Waals surface area contributed by atoms with E-state index in [9.17, 15) is 4.79 Å². The van der Waals surface area contributed by atoms with Gasteiger partial charge in [0, 0.05) is 14.2 Å². The molecule has 0 aliphatic carbocycles. The molecule has 0 aromatic carbocycles. The van der Waals surface area contributed by atoms with E-state index in [1.165, 1.54) is 0 Å². The van der Waals surface area contributed by atoms with Crippen LogP contribution in [0.15, 0.2) is 0 Å². The molecule has 0 aromatic rings. The number of carbonyl (C=O) groups is 1. The van der Waals surface area contributed by atoms with E-state index < -0.39 is 0 Å². The fourth-order valence-corrected chi connectivity index (χ4v) is 0.737. The number of rotatable bonds is 6. The second-order valence-electron chi connectivity index (χ2n) is 2.50. The van der Waals surface area contributed by atoms with E-state index in [4.69, 9.17) is 14.2 Å². The number of carbonyl (C=O) groups excluding carboxylic acids is 1. The van der Waals surface area contributed by atoms with E-state index in [2.05, 4.69) is 0 Å². The second-order valence-corrected chi connectivity index (χ2v) is 2.50. The third kappa shape index (κ3) is 6.12. The first-order valence-electron chi connectivity index (χ1n) is 3.88. The summed E-state index contributed by atoms with van der Waals surface area (Å²) in [6, 6.07) is 0. The van der Waals surface area contributed by atoms with Crippen molar-refractivity contribution < 1.29 is 19.0 Å². The fraction of sp³-hybridized carbons (Fsp3) is 0.875. The van der Waals surface area contributed by atoms with Crippen LogP contribution in [0, 0.1) is 0 Å². The van der Waals surface area contributed by atoms with Crippen LogP contribution in [0.1, 0.15) is 13.3 Å². The minimum Gasteiger partial charge on any atom is -0.460 e. The van der Waals surface area contributed by atoms with Crippen molar-refractivity contribution in [3.8, 4) is 0 Å². The summed E-state index contributed by atoms with van der Waals surface area (Å²) in [4.78, 5) is 10.9. The molecule has 0 N–H and O–H groups in total. The predicted octanol–water partition coefficient (Wildman–Crippen LogP) is 0.601. The third-order valence-electron chi connectivity index (χ3n) is 1.24. The molecule has 0 aliphatic heterocycles. The standard InChI is InChI=1S/C8H16O4/c1-7(6-11-3)12-8(9)4-5-10-2/h7H,4-6H2,1-3H3. The topological polar surface area (TPSA) is 44.8 Å². The van der Waals surface area contributed by atoms with Crippen LogP contribution in [0.2, 0.25) is 0 Å². The van der Waals surface area contributed by atoms with E-state index in [0.717, 1.165) is 0 Å². The second kappa shape index (κ2) is 7.06. The van der Waals surface area contributed by atoms with E-state index in [0.29, 0.717) is 19.6 Å². The zero-order valence-corrected chi connectivity index (χ0v) is 7.83. The van der Waals surface area contributed by atoms with E-state index in [-0.39, 0.29) is 12.1 Å². The minimum atomic E-state index is -0.249. The van der Waals surface area contributed by atoms with Crippen molar-refractivity contribution in [3.05, 3.63) is 0 Å². The molecule has 0 saturated heterocycles. The third-order valence-corrected chi connectivity index (χ3v) is 1.24. The van der Waals surface area contributed by atoms with Crippen LogP contribution in [0.25, 0.3) is 0 Å². The van der Waals surface area contributed by atoms with Crippen LogP contribution in [0.5, 0.6) is 0 Å². The van der Waals surface area contributed by atoms with Crippen LogP contribution in [-0.4, -0.2) is 39.5 Å². The van der Waals surface area contributed by atoms with Gasteiger partial charge in [-0.15, -0.1) is 0 Å². The quantitative estimate of drug-likeness (QED) is 0.556. The summed E-state index contributed by atoms with van der Waals surface area (Å²) >= 11 is 0. The van der Waals surface area contributed by atoms with Crippen molar-refractivity contribution in [1.29, 1.82) is 0 Å². The zero-order chi connectivity index (χ0) is 9.40. The Bertz CT molecular complexity index is 124. The maximum absolute atomic E-state index is 10.9. The Morgan fingerprint density at radius 2 is 2.00 bits per heavy atom. The number of hydrogen-bond donors (Lipinski definition) is 0. The average molecular weight is 176 g/mol. The van der Waals surface area contributed by atoms with E-state index >= 15 is 0 Å². The lowest BCUT2D eigenvalue weighted by atomic mass is 10.4. The highest BCUT2D eigenvalue weighted by Gasteiger charge is 2.07. The molecule has 0 aromatic heterocycles. The summed E-state index contributed by atoms with van der Waals surface area (Å²) in [5, 5.41) is 0. The summed E-state index contributed by atoms with van der Waals surface area (Å²) < 4.78 is 14.5. The van der Waals surface area contributed by atoms with Gasteiger partial charge in [-0.2, -0.15) is 0 Å². The summed E-state index contributed by atoms with van der Waals surface area (Å²) in [6.45, 7) is 2.62. The minimum absolute atomic E-state index is 0.181. The van der Waals surface area contributed by atoms with Gasteiger partial charge in [0.25, 0.3) is 0 Å². The van der Waals surface area contributed by atoms with Crippen LogP contribution >= 0.6 is 0 Å². The van der Waals surface area contributed by atoms with Crippen LogP contribution in [0.3, 0.4) is 0 Å². The van der Waals surface area contributed by atoms with Gasteiger partial charge in [-0.25, -0.2) is 0 Å². The van der Waals surface area contributed by atoms with Crippen molar-refractivity contribution >= 4 is 5.97 Å². The zero-order valence-electron chi connectivity index (χ0n) is 7.83. The monoisotopic (exact) mass is 176 g/mol.